The molecule has 0 N–H and O–H groups in total. The molecule has 0 aromatic carbocycles. The van der Waals surface area contributed by atoms with Crippen LogP contribution in [0.3, 0.4) is 0 Å². The molecule has 0 saturated carbocycles. The molecule has 2 rings (SSSR count). The summed E-state index contributed by atoms with van der Waals surface area (Å²) in [7, 11) is 0. The summed E-state index contributed by atoms with van der Waals surface area (Å²) in [5.41, 5.74) is 0. The Kier molecular flexibility index (Phi) is 3.28. The molecule has 2 heterocycles. The highest BCUT2D eigenvalue weighted by Gasteiger charge is 2.36. The van der Waals surface area contributed by atoms with Gasteiger partial charge < -0.3 is 0 Å². The maximum absolute atomic E-state index is 4.26. The normalized spacial score (nSPS) is 27.1. The molecular weight excluding hydrogens is 200 g/mol. The quantitative estimate of drug-likeness (QED) is 0.784. The van der Waals surface area contributed by atoms with Gasteiger partial charge in [0.1, 0.15) is 0 Å². The van der Waals surface area contributed by atoms with Gasteiger partial charge in [-0.1, -0.05) is 13.8 Å². The molecule has 0 aliphatic carbocycles. The highest BCUT2D eigenvalue weighted by Crippen LogP contribution is 2.31. The van der Waals surface area contributed by atoms with Crippen LogP contribution in [0.5, 0.6) is 0 Å². The average Bonchev–Trinajstić information content (AvgIpc) is 2.86. The predicted molar refractivity (Wildman–Crippen MR) is 64.1 cm³/mol. The van der Waals surface area contributed by atoms with Crippen LogP contribution in [0.4, 0.5) is 0 Å². The molecule has 4 heteroatoms. The summed E-state index contributed by atoms with van der Waals surface area (Å²) >= 11 is 0. The number of aromatic nitrogens is 3. The van der Waals surface area contributed by atoms with Crippen LogP contribution in [-0.2, 0) is 0 Å². The van der Waals surface area contributed by atoms with E-state index in [-0.39, 0.29) is 0 Å². The lowest BCUT2D eigenvalue weighted by Crippen LogP contribution is -2.38. The van der Waals surface area contributed by atoms with E-state index in [9.17, 15) is 0 Å². The monoisotopic (exact) mass is 222 g/mol. The fourth-order valence-electron chi connectivity index (χ4n) is 2.70. The Morgan fingerprint density at radius 1 is 1.12 bits per heavy atom. The molecule has 2 atom stereocenters. The van der Waals surface area contributed by atoms with Crippen LogP contribution < -0.4 is 0 Å². The summed E-state index contributed by atoms with van der Waals surface area (Å²) in [6.45, 7) is 10.2. The summed E-state index contributed by atoms with van der Waals surface area (Å²) in [6, 6.07) is 1.72. The van der Waals surface area contributed by atoms with Gasteiger partial charge in [-0.25, -0.2) is 0 Å². The molecule has 0 radical (unpaired) electrons. The van der Waals surface area contributed by atoms with E-state index in [4.69, 9.17) is 0 Å². The Bertz CT molecular complexity index is 302. The lowest BCUT2D eigenvalue weighted by Gasteiger charge is -2.30. The van der Waals surface area contributed by atoms with Gasteiger partial charge in [0.05, 0.1) is 18.4 Å². The first kappa shape index (κ1) is 11.6. The lowest BCUT2D eigenvalue weighted by molar-refractivity contribution is 0.163. The van der Waals surface area contributed by atoms with Gasteiger partial charge in [0.2, 0.25) is 0 Å². The zero-order valence-corrected chi connectivity index (χ0v) is 10.7. The fourth-order valence-corrected chi connectivity index (χ4v) is 2.70. The molecule has 16 heavy (non-hydrogen) atoms. The van der Waals surface area contributed by atoms with E-state index in [0.717, 1.165) is 6.54 Å². The first-order valence-corrected chi connectivity index (χ1v) is 6.21. The van der Waals surface area contributed by atoms with Crippen molar-refractivity contribution < 1.29 is 0 Å². The summed E-state index contributed by atoms with van der Waals surface area (Å²) in [5.74, 6) is 0.697. The van der Waals surface area contributed by atoms with Crippen LogP contribution >= 0.6 is 0 Å². The van der Waals surface area contributed by atoms with E-state index in [1.165, 1.54) is 6.42 Å². The van der Waals surface area contributed by atoms with Crippen molar-refractivity contribution in [3.05, 3.63) is 12.4 Å². The van der Waals surface area contributed by atoms with Crippen molar-refractivity contribution in [3.63, 3.8) is 0 Å². The Hall–Kier alpha value is -0.900. The minimum atomic E-state index is 0.449. The van der Waals surface area contributed by atoms with Gasteiger partial charge in [-0.3, -0.25) is 4.90 Å². The molecule has 0 bridgehead atoms. The third-order valence-corrected chi connectivity index (χ3v) is 3.56. The Morgan fingerprint density at radius 3 is 2.19 bits per heavy atom. The second kappa shape index (κ2) is 4.53. The third kappa shape index (κ3) is 2.12. The van der Waals surface area contributed by atoms with E-state index in [1.807, 2.05) is 4.80 Å². The van der Waals surface area contributed by atoms with Crippen molar-refractivity contribution in [3.8, 4) is 0 Å². The number of likely N-dealkylation sites (tertiary alicyclic amines) is 1. The SMILES string of the molecule is CC(C)[C@@H]1C[C@H](n2nccn2)CN1C(C)C. The van der Waals surface area contributed by atoms with Crippen molar-refractivity contribution in [2.45, 2.75) is 52.2 Å². The molecule has 1 aliphatic rings. The van der Waals surface area contributed by atoms with Gasteiger partial charge in [0.25, 0.3) is 0 Å². The van der Waals surface area contributed by atoms with Crippen LogP contribution in [-0.4, -0.2) is 38.5 Å². The van der Waals surface area contributed by atoms with Gasteiger partial charge in [-0.05, 0) is 26.2 Å². The molecule has 1 saturated heterocycles. The predicted octanol–water partition coefficient (Wildman–Crippen LogP) is 1.96. The maximum atomic E-state index is 4.26. The smallest absolute Gasteiger partial charge is 0.0858 e. The largest absolute Gasteiger partial charge is 0.295 e. The molecule has 1 aromatic heterocycles. The number of hydrogen-bond donors (Lipinski definition) is 0. The summed E-state index contributed by atoms with van der Waals surface area (Å²) in [6.07, 6.45) is 4.70. The van der Waals surface area contributed by atoms with E-state index in [1.54, 1.807) is 12.4 Å². The average molecular weight is 222 g/mol. The van der Waals surface area contributed by atoms with E-state index < -0.39 is 0 Å². The molecular formula is C12H22N4. The minimum absolute atomic E-state index is 0.449. The molecule has 0 unspecified atom stereocenters. The van der Waals surface area contributed by atoms with Gasteiger partial charge in [-0.15, -0.1) is 0 Å². The maximum Gasteiger partial charge on any atom is 0.0858 e. The van der Waals surface area contributed by atoms with Crippen LogP contribution in [0, 0.1) is 5.92 Å². The van der Waals surface area contributed by atoms with Gasteiger partial charge in [0, 0.05) is 18.6 Å². The van der Waals surface area contributed by atoms with Gasteiger partial charge in [-0.2, -0.15) is 15.0 Å². The van der Waals surface area contributed by atoms with Crippen molar-refractivity contribution in [1.82, 2.24) is 19.9 Å². The zero-order valence-electron chi connectivity index (χ0n) is 10.7. The Balaban J connectivity index is 2.12. The second-order valence-corrected chi connectivity index (χ2v) is 5.34. The Morgan fingerprint density at radius 2 is 1.75 bits per heavy atom. The molecule has 4 nitrogen and oxygen atoms in total. The summed E-state index contributed by atoms with van der Waals surface area (Å²) in [4.78, 5) is 4.45. The van der Waals surface area contributed by atoms with Crippen molar-refractivity contribution in [2.75, 3.05) is 6.54 Å². The number of hydrogen-bond acceptors (Lipinski definition) is 3. The standard InChI is InChI=1S/C12H22N4/c1-9(2)12-7-11(8-15(12)10(3)4)16-13-5-6-14-16/h5-6,9-12H,7-8H2,1-4H3/t11-,12-/m0/s1. The Labute approximate surface area is 97.6 Å². The van der Waals surface area contributed by atoms with E-state index in [2.05, 4.69) is 42.8 Å². The fraction of sp³-hybridized carbons (Fsp3) is 0.833. The highest BCUT2D eigenvalue weighted by atomic mass is 15.5. The zero-order chi connectivity index (χ0) is 11.7. The number of rotatable bonds is 3. The summed E-state index contributed by atoms with van der Waals surface area (Å²) in [5, 5.41) is 8.53. The molecule has 1 aromatic rings. The summed E-state index contributed by atoms with van der Waals surface area (Å²) < 4.78 is 0. The van der Waals surface area contributed by atoms with Crippen LogP contribution in [0.2, 0.25) is 0 Å². The first-order valence-electron chi connectivity index (χ1n) is 6.21. The second-order valence-electron chi connectivity index (χ2n) is 5.34. The molecule has 1 aliphatic heterocycles. The molecule has 90 valence electrons. The van der Waals surface area contributed by atoms with Gasteiger partial charge in [0.15, 0.2) is 0 Å². The highest BCUT2D eigenvalue weighted by molar-refractivity contribution is 4.90. The van der Waals surface area contributed by atoms with E-state index >= 15 is 0 Å². The topological polar surface area (TPSA) is 34.0 Å². The molecule has 0 spiro atoms. The van der Waals surface area contributed by atoms with Crippen LogP contribution in [0.25, 0.3) is 0 Å². The van der Waals surface area contributed by atoms with E-state index in [0.29, 0.717) is 24.0 Å². The molecule has 1 fully saturated rings. The van der Waals surface area contributed by atoms with Crippen molar-refractivity contribution >= 4 is 0 Å². The van der Waals surface area contributed by atoms with Crippen molar-refractivity contribution in [2.24, 2.45) is 5.92 Å². The molecule has 0 amide bonds. The first-order chi connectivity index (χ1) is 7.59. The minimum Gasteiger partial charge on any atom is -0.295 e. The van der Waals surface area contributed by atoms with Gasteiger partial charge >= 0.3 is 0 Å². The number of nitrogens with zero attached hydrogens (tertiary/aromatic N) is 4. The lowest BCUT2D eigenvalue weighted by atomic mass is 10.00. The van der Waals surface area contributed by atoms with Crippen LogP contribution in [0.15, 0.2) is 12.4 Å². The van der Waals surface area contributed by atoms with Crippen LogP contribution in [0.1, 0.15) is 40.2 Å². The van der Waals surface area contributed by atoms with Crippen molar-refractivity contribution in [1.29, 1.82) is 0 Å². The third-order valence-electron chi connectivity index (χ3n) is 3.56.